The maximum absolute atomic E-state index is 0. The molecule has 0 rings (SSSR count). The minimum atomic E-state index is 0. The predicted molar refractivity (Wildman–Crippen MR) is 0 cm³/mol. The molecule has 0 saturated carbocycles. The zero-order chi connectivity index (χ0) is 0. The molecule has 0 aromatic rings. The molecule has 0 spiro atoms. The summed E-state index contributed by atoms with van der Waals surface area (Å²) in [6.45, 7) is 0. The second-order valence-corrected chi connectivity index (χ2v) is 0. The molecule has 0 unspecified atom stereocenters. The summed E-state index contributed by atoms with van der Waals surface area (Å²) in [6.07, 6.45) is 0. The van der Waals surface area contributed by atoms with Crippen molar-refractivity contribution in [2.75, 3.05) is 0 Å². The number of halogens is 4. The zero-order valence-electron chi connectivity index (χ0n) is 2.11. The number of hydrogen-bond donors (Lipinski definition) is 0. The second-order valence-electron chi connectivity index (χ2n) is 0. The SMILES string of the molecule is [Ag].[Ag].[F-].[F-].[F-].[F-]. The molecular weight excluding hydrogens is 292 g/mol. The molecule has 0 aliphatic rings. The Balaban J connectivity index is 0. The first kappa shape index (κ1) is 192. The van der Waals surface area contributed by atoms with E-state index in [1.54, 1.807) is 0 Å². The molecule has 0 amide bonds. The molecule has 0 aliphatic heterocycles. The van der Waals surface area contributed by atoms with E-state index in [-0.39, 0.29) is 63.6 Å². The van der Waals surface area contributed by atoms with E-state index in [1.807, 2.05) is 0 Å². The molecule has 0 N–H and O–H groups in total. The van der Waals surface area contributed by atoms with E-state index < -0.39 is 0 Å². The van der Waals surface area contributed by atoms with Crippen LogP contribution in [-0.2, 0) is 44.8 Å². The second kappa shape index (κ2) is 116. The van der Waals surface area contributed by atoms with Crippen molar-refractivity contribution < 1.29 is 63.6 Å². The van der Waals surface area contributed by atoms with Gasteiger partial charge in [-0.1, -0.05) is 0 Å². The Morgan fingerprint density at radius 1 is 0.333 bits per heavy atom. The van der Waals surface area contributed by atoms with E-state index in [0.29, 0.717) is 0 Å². The molecule has 0 bridgehead atoms. The molecule has 0 aliphatic carbocycles. The van der Waals surface area contributed by atoms with Crippen LogP contribution in [0.25, 0.3) is 0 Å². The van der Waals surface area contributed by atoms with Gasteiger partial charge >= 0.3 is 0 Å². The van der Waals surface area contributed by atoms with E-state index in [0.717, 1.165) is 0 Å². The fourth-order valence-electron chi connectivity index (χ4n) is 0. The van der Waals surface area contributed by atoms with Crippen LogP contribution in [0.15, 0.2) is 0 Å². The van der Waals surface area contributed by atoms with Crippen molar-refractivity contribution >= 4 is 0 Å². The van der Waals surface area contributed by atoms with Crippen LogP contribution in [0.1, 0.15) is 0 Å². The summed E-state index contributed by atoms with van der Waals surface area (Å²) in [6, 6.07) is 0. The van der Waals surface area contributed by atoms with Crippen LogP contribution in [0, 0.1) is 0 Å². The summed E-state index contributed by atoms with van der Waals surface area (Å²) in [5, 5.41) is 0. The zero-order valence-corrected chi connectivity index (χ0v) is 5.08. The van der Waals surface area contributed by atoms with Crippen molar-refractivity contribution in [1.29, 1.82) is 0 Å². The third kappa shape index (κ3) is 63.7. The molecule has 0 saturated heterocycles. The van der Waals surface area contributed by atoms with Crippen molar-refractivity contribution in [1.82, 2.24) is 0 Å². The number of rotatable bonds is 0. The van der Waals surface area contributed by atoms with Crippen LogP contribution in [-0.4, -0.2) is 0 Å². The van der Waals surface area contributed by atoms with Crippen molar-refractivity contribution in [3.8, 4) is 0 Å². The maximum atomic E-state index is 0. The van der Waals surface area contributed by atoms with Gasteiger partial charge in [0, 0.05) is 44.8 Å². The average Bonchev–Trinajstić information content (AvgIpc) is 0. The predicted octanol–water partition coefficient (Wildman–Crippen LogP) is -12.0. The Bertz CT molecular complexity index is 5.51. The molecule has 54 valence electrons. The van der Waals surface area contributed by atoms with Crippen LogP contribution >= 0.6 is 0 Å². The van der Waals surface area contributed by atoms with Gasteiger partial charge in [0.15, 0.2) is 0 Å². The van der Waals surface area contributed by atoms with Crippen molar-refractivity contribution in [3.05, 3.63) is 0 Å². The van der Waals surface area contributed by atoms with Crippen molar-refractivity contribution in [2.45, 2.75) is 0 Å². The Labute approximate surface area is 63.5 Å². The Morgan fingerprint density at radius 2 is 0.333 bits per heavy atom. The fraction of sp³-hybridized carbons (Fsp3) is 0. The van der Waals surface area contributed by atoms with Crippen molar-refractivity contribution in [3.63, 3.8) is 0 Å². The summed E-state index contributed by atoms with van der Waals surface area (Å²) in [7, 11) is 0. The normalized spacial score (nSPS) is 0. The molecule has 6 heteroatoms. The van der Waals surface area contributed by atoms with E-state index in [2.05, 4.69) is 0 Å². The monoisotopic (exact) mass is 290 g/mol. The quantitative estimate of drug-likeness (QED) is 0.307. The van der Waals surface area contributed by atoms with E-state index in [1.165, 1.54) is 0 Å². The topological polar surface area (TPSA) is 0 Å². The minimum Gasteiger partial charge on any atom is -1.00 e. The van der Waals surface area contributed by atoms with Gasteiger partial charge in [-0.05, 0) is 0 Å². The first-order valence-electron chi connectivity index (χ1n) is 0. The Morgan fingerprint density at radius 3 is 0.333 bits per heavy atom. The molecular formula is Ag2F4-4. The fourth-order valence-corrected chi connectivity index (χ4v) is 0. The molecule has 0 nitrogen and oxygen atoms in total. The van der Waals surface area contributed by atoms with E-state index in [4.69, 9.17) is 0 Å². The smallest absolute Gasteiger partial charge is 0 e. The van der Waals surface area contributed by atoms with Gasteiger partial charge in [0.25, 0.3) is 0 Å². The molecule has 0 atom stereocenters. The van der Waals surface area contributed by atoms with Crippen LogP contribution in [0.5, 0.6) is 0 Å². The van der Waals surface area contributed by atoms with Crippen LogP contribution < -0.4 is 18.8 Å². The van der Waals surface area contributed by atoms with Gasteiger partial charge < -0.3 is 18.8 Å². The van der Waals surface area contributed by atoms with Gasteiger partial charge in [-0.15, -0.1) is 0 Å². The van der Waals surface area contributed by atoms with Gasteiger partial charge in [-0.25, -0.2) is 0 Å². The molecule has 6 heavy (non-hydrogen) atoms. The summed E-state index contributed by atoms with van der Waals surface area (Å²) >= 11 is 0. The molecule has 0 aromatic carbocycles. The standard InChI is InChI=1S/2Ag.4FH/h;;4*1H/p-4. The van der Waals surface area contributed by atoms with E-state index >= 15 is 0 Å². The van der Waals surface area contributed by atoms with E-state index in [9.17, 15) is 0 Å². The summed E-state index contributed by atoms with van der Waals surface area (Å²) in [5.41, 5.74) is 0. The van der Waals surface area contributed by atoms with Crippen molar-refractivity contribution in [2.24, 2.45) is 0 Å². The molecule has 0 aromatic heterocycles. The molecule has 0 fully saturated rings. The van der Waals surface area contributed by atoms with Crippen LogP contribution in [0.4, 0.5) is 0 Å². The maximum Gasteiger partial charge on any atom is 0 e. The van der Waals surface area contributed by atoms with Gasteiger partial charge in [0.1, 0.15) is 0 Å². The first-order valence-corrected chi connectivity index (χ1v) is 0. The summed E-state index contributed by atoms with van der Waals surface area (Å²) in [5.74, 6) is 0. The summed E-state index contributed by atoms with van der Waals surface area (Å²) in [4.78, 5) is 0. The third-order valence-corrected chi connectivity index (χ3v) is 0. The Kier molecular flexibility index (Phi) is 3720. The first-order chi connectivity index (χ1) is 0. The van der Waals surface area contributed by atoms with Gasteiger partial charge in [-0.3, -0.25) is 0 Å². The van der Waals surface area contributed by atoms with Crippen LogP contribution in [0.3, 0.4) is 0 Å². The number of hydrogen-bond acceptors (Lipinski definition) is 0. The molecule has 2 radical (unpaired) electrons. The average molecular weight is 292 g/mol. The Hall–Kier alpha value is 1.20. The van der Waals surface area contributed by atoms with Gasteiger partial charge in [0.2, 0.25) is 0 Å². The third-order valence-electron chi connectivity index (χ3n) is 0. The summed E-state index contributed by atoms with van der Waals surface area (Å²) < 4.78 is 0. The molecule has 0 heterocycles. The van der Waals surface area contributed by atoms with Gasteiger partial charge in [-0.2, -0.15) is 0 Å². The largest absolute Gasteiger partial charge is 1.00 e. The van der Waals surface area contributed by atoms with Crippen LogP contribution in [0.2, 0.25) is 0 Å². The van der Waals surface area contributed by atoms with Gasteiger partial charge in [0.05, 0.1) is 0 Å². The minimum absolute atomic E-state index is 0.